The Morgan fingerprint density at radius 1 is 1.46 bits per heavy atom. The maximum Gasteiger partial charge on any atom is 0.307 e. The van der Waals surface area contributed by atoms with E-state index in [0.29, 0.717) is 12.0 Å². The lowest BCUT2D eigenvalue weighted by Gasteiger charge is -1.92. The molecule has 0 bridgehead atoms. The van der Waals surface area contributed by atoms with Crippen molar-refractivity contribution in [2.75, 3.05) is 0 Å². The first kappa shape index (κ1) is 8.44. The molecule has 0 spiro atoms. The van der Waals surface area contributed by atoms with E-state index in [0.717, 1.165) is 0 Å². The number of carboxylic acid groups (broad SMARTS) is 1. The summed E-state index contributed by atoms with van der Waals surface area (Å²) in [6, 6.07) is 1.74. The number of hydrogen-bond acceptors (Lipinski definition) is 3. The fraction of sp³-hybridized carbons (Fsp3) is 0.333. The molecular weight excluding hydrogens is 188 g/mol. The Labute approximate surface area is 79.0 Å². The van der Waals surface area contributed by atoms with Gasteiger partial charge in [0.05, 0.1) is 5.92 Å². The highest BCUT2D eigenvalue weighted by molar-refractivity contribution is 7.08. The molecular formula is C9H8O3S. The van der Waals surface area contributed by atoms with Gasteiger partial charge >= 0.3 is 5.97 Å². The van der Waals surface area contributed by atoms with E-state index in [9.17, 15) is 9.59 Å². The summed E-state index contributed by atoms with van der Waals surface area (Å²) < 4.78 is 0. The number of hydrogen-bond donors (Lipinski definition) is 1. The number of carbonyl (C=O) groups excluding carboxylic acids is 1. The van der Waals surface area contributed by atoms with Crippen LogP contribution in [-0.4, -0.2) is 16.9 Å². The lowest BCUT2D eigenvalue weighted by molar-refractivity contribution is -0.138. The summed E-state index contributed by atoms with van der Waals surface area (Å²) in [4.78, 5) is 22.0. The van der Waals surface area contributed by atoms with E-state index < -0.39 is 11.9 Å². The van der Waals surface area contributed by atoms with Gasteiger partial charge in [0.15, 0.2) is 5.78 Å². The first-order valence-electron chi connectivity index (χ1n) is 3.99. The van der Waals surface area contributed by atoms with Gasteiger partial charge < -0.3 is 5.11 Å². The number of carbonyl (C=O) groups is 2. The van der Waals surface area contributed by atoms with Crippen LogP contribution in [0.25, 0.3) is 0 Å². The maximum absolute atomic E-state index is 11.5. The second-order valence-corrected chi connectivity index (χ2v) is 3.94. The van der Waals surface area contributed by atoms with Gasteiger partial charge in [-0.15, -0.1) is 0 Å². The number of rotatable bonds is 3. The van der Waals surface area contributed by atoms with Gasteiger partial charge in [-0.2, -0.15) is 11.3 Å². The Hall–Kier alpha value is -1.16. The Morgan fingerprint density at radius 3 is 2.69 bits per heavy atom. The summed E-state index contributed by atoms with van der Waals surface area (Å²) in [7, 11) is 0. The molecule has 1 saturated carbocycles. The van der Waals surface area contributed by atoms with Crippen LogP contribution in [0.5, 0.6) is 0 Å². The van der Waals surface area contributed by atoms with Crippen molar-refractivity contribution in [2.45, 2.75) is 6.42 Å². The summed E-state index contributed by atoms with van der Waals surface area (Å²) in [6.07, 6.45) is 0.504. The molecule has 0 aromatic carbocycles. The number of aliphatic carboxylic acids is 1. The topological polar surface area (TPSA) is 54.4 Å². The summed E-state index contributed by atoms with van der Waals surface area (Å²) in [6.45, 7) is 0. The zero-order valence-electron chi connectivity index (χ0n) is 6.77. The monoisotopic (exact) mass is 196 g/mol. The molecule has 1 unspecified atom stereocenters. The van der Waals surface area contributed by atoms with Gasteiger partial charge in [0.1, 0.15) is 0 Å². The third-order valence-electron chi connectivity index (χ3n) is 2.25. The molecule has 2 atom stereocenters. The molecule has 1 aromatic rings. The van der Waals surface area contributed by atoms with Crippen molar-refractivity contribution in [1.82, 2.24) is 0 Å². The fourth-order valence-corrected chi connectivity index (χ4v) is 2.02. The van der Waals surface area contributed by atoms with E-state index in [4.69, 9.17) is 5.11 Å². The molecule has 0 aliphatic heterocycles. The molecule has 1 aliphatic rings. The third-order valence-corrected chi connectivity index (χ3v) is 2.93. The molecule has 13 heavy (non-hydrogen) atoms. The molecule has 3 nitrogen and oxygen atoms in total. The first-order valence-corrected chi connectivity index (χ1v) is 4.93. The molecule has 0 saturated heterocycles. The van der Waals surface area contributed by atoms with Crippen molar-refractivity contribution >= 4 is 23.1 Å². The molecule has 0 radical (unpaired) electrons. The molecule has 4 heteroatoms. The molecule has 1 aliphatic carbocycles. The normalized spacial score (nSPS) is 25.5. The van der Waals surface area contributed by atoms with Gasteiger partial charge in [-0.25, -0.2) is 0 Å². The van der Waals surface area contributed by atoms with Crippen molar-refractivity contribution < 1.29 is 14.7 Å². The summed E-state index contributed by atoms with van der Waals surface area (Å²) >= 11 is 1.45. The Kier molecular flexibility index (Phi) is 1.92. The summed E-state index contributed by atoms with van der Waals surface area (Å²) in [5.74, 6) is -1.58. The second-order valence-electron chi connectivity index (χ2n) is 3.16. The lowest BCUT2D eigenvalue weighted by atomic mass is 10.1. The van der Waals surface area contributed by atoms with Gasteiger partial charge in [0.25, 0.3) is 0 Å². The van der Waals surface area contributed by atoms with Crippen molar-refractivity contribution in [3.05, 3.63) is 22.4 Å². The molecule has 68 valence electrons. The summed E-state index contributed by atoms with van der Waals surface area (Å²) in [5, 5.41) is 12.2. The molecule has 2 rings (SSSR count). The fourth-order valence-electron chi connectivity index (χ4n) is 1.38. The predicted molar refractivity (Wildman–Crippen MR) is 47.9 cm³/mol. The Balaban J connectivity index is 2.06. The van der Waals surface area contributed by atoms with E-state index in [1.165, 1.54) is 11.3 Å². The quantitative estimate of drug-likeness (QED) is 0.748. The van der Waals surface area contributed by atoms with Gasteiger partial charge in [-0.3, -0.25) is 9.59 Å². The van der Waals surface area contributed by atoms with E-state index in [1.807, 2.05) is 5.38 Å². The van der Waals surface area contributed by atoms with Gasteiger partial charge in [-0.1, -0.05) is 0 Å². The highest BCUT2D eigenvalue weighted by atomic mass is 32.1. The second kappa shape index (κ2) is 2.96. The van der Waals surface area contributed by atoms with Crippen molar-refractivity contribution in [2.24, 2.45) is 11.8 Å². The van der Waals surface area contributed by atoms with Crippen molar-refractivity contribution in [1.29, 1.82) is 0 Å². The van der Waals surface area contributed by atoms with Gasteiger partial charge in [0, 0.05) is 16.9 Å². The first-order chi connectivity index (χ1) is 6.20. The van der Waals surface area contributed by atoms with Crippen LogP contribution in [0.3, 0.4) is 0 Å². The molecule has 0 amide bonds. The number of thiophene rings is 1. The average Bonchev–Trinajstić information content (AvgIpc) is 2.72. The van der Waals surface area contributed by atoms with Crippen LogP contribution < -0.4 is 0 Å². The van der Waals surface area contributed by atoms with E-state index in [1.54, 1.807) is 11.4 Å². The number of Topliss-reactive ketones (excluding diaryl/α,β-unsaturated/α-hetero) is 1. The highest BCUT2D eigenvalue weighted by Gasteiger charge is 2.48. The van der Waals surface area contributed by atoms with E-state index in [-0.39, 0.29) is 11.7 Å². The third kappa shape index (κ3) is 1.49. The highest BCUT2D eigenvalue weighted by Crippen LogP contribution is 2.41. The number of ketones is 1. The van der Waals surface area contributed by atoms with E-state index in [2.05, 4.69) is 0 Å². The minimum absolute atomic E-state index is 0.0198. The lowest BCUT2D eigenvalue weighted by Crippen LogP contribution is -2.07. The molecule has 1 fully saturated rings. The van der Waals surface area contributed by atoms with Crippen LogP contribution in [-0.2, 0) is 4.79 Å². The zero-order valence-corrected chi connectivity index (χ0v) is 7.58. The van der Waals surface area contributed by atoms with Crippen LogP contribution in [0.4, 0.5) is 0 Å². The minimum atomic E-state index is -0.853. The largest absolute Gasteiger partial charge is 0.481 e. The standard InChI is InChI=1S/C9H8O3S/c10-8(5-1-2-13-4-5)6-3-7(6)9(11)12/h1-2,4,6-7H,3H2,(H,11,12)/t6-,7?/m0/s1. The molecule has 1 heterocycles. The SMILES string of the molecule is O=C(O)C1C[C@@H]1C(=O)c1ccsc1. The van der Waals surface area contributed by atoms with Crippen LogP contribution in [0.2, 0.25) is 0 Å². The van der Waals surface area contributed by atoms with Gasteiger partial charge in [-0.05, 0) is 17.9 Å². The Bertz CT molecular complexity index is 342. The predicted octanol–water partition coefficient (Wildman–Crippen LogP) is 1.65. The van der Waals surface area contributed by atoms with Gasteiger partial charge in [0.2, 0.25) is 0 Å². The van der Waals surface area contributed by atoms with Crippen molar-refractivity contribution in [3.63, 3.8) is 0 Å². The minimum Gasteiger partial charge on any atom is -0.481 e. The maximum atomic E-state index is 11.5. The summed E-state index contributed by atoms with van der Waals surface area (Å²) in [5.41, 5.74) is 0.652. The Morgan fingerprint density at radius 2 is 2.23 bits per heavy atom. The zero-order chi connectivity index (χ0) is 9.42. The van der Waals surface area contributed by atoms with Crippen LogP contribution in [0.15, 0.2) is 16.8 Å². The van der Waals surface area contributed by atoms with Crippen LogP contribution >= 0.6 is 11.3 Å². The van der Waals surface area contributed by atoms with Crippen LogP contribution in [0, 0.1) is 11.8 Å². The number of carboxylic acids is 1. The van der Waals surface area contributed by atoms with Crippen molar-refractivity contribution in [3.8, 4) is 0 Å². The molecule has 1 N–H and O–H groups in total. The average molecular weight is 196 g/mol. The van der Waals surface area contributed by atoms with Crippen LogP contribution in [0.1, 0.15) is 16.8 Å². The molecule has 1 aromatic heterocycles. The smallest absolute Gasteiger partial charge is 0.307 e. The van der Waals surface area contributed by atoms with E-state index >= 15 is 0 Å².